The molecule has 0 radical (unpaired) electrons. The van der Waals surface area contributed by atoms with Crippen LogP contribution >= 0.6 is 0 Å². The SMILES string of the molecule is CCCC#CCCc1cc(C)cc(C)c1OCC. The first-order chi connectivity index (χ1) is 8.69. The molecule has 1 aromatic rings. The van der Waals surface area contributed by atoms with Crippen LogP contribution < -0.4 is 4.74 Å². The van der Waals surface area contributed by atoms with Gasteiger partial charge in [0.05, 0.1) is 6.61 Å². The van der Waals surface area contributed by atoms with Gasteiger partial charge in [0, 0.05) is 12.8 Å². The van der Waals surface area contributed by atoms with Gasteiger partial charge in [-0.05, 0) is 44.7 Å². The molecule has 1 aromatic carbocycles. The second-order valence-corrected chi connectivity index (χ2v) is 4.61. The summed E-state index contributed by atoms with van der Waals surface area (Å²) >= 11 is 0. The number of rotatable bonds is 5. The third-order valence-corrected chi connectivity index (χ3v) is 2.80. The summed E-state index contributed by atoms with van der Waals surface area (Å²) < 4.78 is 5.75. The molecule has 18 heavy (non-hydrogen) atoms. The molecule has 0 aliphatic heterocycles. The van der Waals surface area contributed by atoms with Crippen LogP contribution in [0.1, 0.15) is 49.8 Å². The van der Waals surface area contributed by atoms with Crippen LogP contribution in [0.4, 0.5) is 0 Å². The summed E-state index contributed by atoms with van der Waals surface area (Å²) in [4.78, 5) is 0. The van der Waals surface area contributed by atoms with Crippen LogP contribution in [0.5, 0.6) is 5.75 Å². The van der Waals surface area contributed by atoms with Gasteiger partial charge in [0.15, 0.2) is 0 Å². The Bertz CT molecular complexity index is 435. The van der Waals surface area contributed by atoms with Crippen LogP contribution in [-0.4, -0.2) is 6.61 Å². The molecule has 0 saturated carbocycles. The van der Waals surface area contributed by atoms with Crippen LogP contribution in [-0.2, 0) is 6.42 Å². The first kappa shape index (κ1) is 14.6. The lowest BCUT2D eigenvalue weighted by molar-refractivity contribution is 0.334. The number of hydrogen-bond donors (Lipinski definition) is 0. The second-order valence-electron chi connectivity index (χ2n) is 4.61. The van der Waals surface area contributed by atoms with Gasteiger partial charge in [-0.1, -0.05) is 24.6 Å². The molecule has 0 atom stereocenters. The highest BCUT2D eigenvalue weighted by Gasteiger charge is 2.07. The summed E-state index contributed by atoms with van der Waals surface area (Å²) in [6.45, 7) is 9.16. The molecular formula is C17H24O. The molecule has 0 aliphatic carbocycles. The fraction of sp³-hybridized carbons (Fsp3) is 0.529. The largest absolute Gasteiger partial charge is 0.493 e. The van der Waals surface area contributed by atoms with Gasteiger partial charge in [-0.2, -0.15) is 0 Å². The molecule has 0 spiro atoms. The van der Waals surface area contributed by atoms with E-state index in [0.29, 0.717) is 0 Å². The lowest BCUT2D eigenvalue weighted by Crippen LogP contribution is -2.00. The maximum Gasteiger partial charge on any atom is 0.125 e. The van der Waals surface area contributed by atoms with Crippen molar-refractivity contribution in [1.82, 2.24) is 0 Å². The van der Waals surface area contributed by atoms with Crippen molar-refractivity contribution in [3.05, 3.63) is 28.8 Å². The zero-order chi connectivity index (χ0) is 13.4. The highest BCUT2D eigenvalue weighted by molar-refractivity contribution is 5.44. The Balaban J connectivity index is 2.77. The minimum atomic E-state index is 0.721. The third kappa shape index (κ3) is 4.45. The molecule has 0 aromatic heterocycles. The Morgan fingerprint density at radius 1 is 1.06 bits per heavy atom. The number of hydrogen-bond acceptors (Lipinski definition) is 1. The molecule has 0 fully saturated rings. The van der Waals surface area contributed by atoms with Crippen molar-refractivity contribution in [1.29, 1.82) is 0 Å². The smallest absolute Gasteiger partial charge is 0.125 e. The van der Waals surface area contributed by atoms with Crippen molar-refractivity contribution >= 4 is 0 Å². The summed E-state index contributed by atoms with van der Waals surface area (Å²) in [5, 5.41) is 0. The monoisotopic (exact) mass is 244 g/mol. The Morgan fingerprint density at radius 2 is 1.78 bits per heavy atom. The number of aryl methyl sites for hydroxylation is 3. The van der Waals surface area contributed by atoms with E-state index >= 15 is 0 Å². The molecule has 0 unspecified atom stereocenters. The quantitative estimate of drug-likeness (QED) is 0.696. The van der Waals surface area contributed by atoms with Gasteiger partial charge in [-0.25, -0.2) is 0 Å². The van der Waals surface area contributed by atoms with E-state index in [2.05, 4.69) is 44.7 Å². The molecule has 0 saturated heterocycles. The number of unbranched alkanes of at least 4 members (excludes halogenated alkanes) is 1. The predicted molar refractivity (Wildman–Crippen MR) is 78.1 cm³/mol. The van der Waals surface area contributed by atoms with Gasteiger partial charge >= 0.3 is 0 Å². The second kappa shape index (κ2) is 7.82. The van der Waals surface area contributed by atoms with Gasteiger partial charge in [0.2, 0.25) is 0 Å². The Labute approximate surface area is 112 Å². The lowest BCUT2D eigenvalue weighted by atomic mass is 10.0. The molecule has 1 rings (SSSR count). The third-order valence-electron chi connectivity index (χ3n) is 2.80. The fourth-order valence-electron chi connectivity index (χ4n) is 2.08. The average Bonchev–Trinajstić information content (AvgIpc) is 2.33. The highest BCUT2D eigenvalue weighted by Crippen LogP contribution is 2.26. The zero-order valence-electron chi connectivity index (χ0n) is 12.1. The summed E-state index contributed by atoms with van der Waals surface area (Å²) in [5.74, 6) is 7.49. The van der Waals surface area contributed by atoms with Gasteiger partial charge in [0.1, 0.15) is 5.75 Å². The molecule has 0 bridgehead atoms. The van der Waals surface area contributed by atoms with E-state index in [1.54, 1.807) is 0 Å². The van der Waals surface area contributed by atoms with Crippen molar-refractivity contribution in [2.45, 2.75) is 53.4 Å². The lowest BCUT2D eigenvalue weighted by Gasteiger charge is -2.13. The Kier molecular flexibility index (Phi) is 6.36. The zero-order valence-corrected chi connectivity index (χ0v) is 12.1. The van der Waals surface area contributed by atoms with Crippen molar-refractivity contribution in [3.63, 3.8) is 0 Å². The molecular weight excluding hydrogens is 220 g/mol. The van der Waals surface area contributed by atoms with Gasteiger partial charge in [-0.3, -0.25) is 0 Å². The first-order valence-corrected chi connectivity index (χ1v) is 6.87. The van der Waals surface area contributed by atoms with E-state index in [1.165, 1.54) is 16.7 Å². The van der Waals surface area contributed by atoms with E-state index in [0.717, 1.165) is 38.0 Å². The predicted octanol–water partition coefficient (Wildman–Crippen LogP) is 4.44. The summed E-state index contributed by atoms with van der Waals surface area (Å²) in [6, 6.07) is 4.40. The van der Waals surface area contributed by atoms with Crippen LogP contribution in [0.3, 0.4) is 0 Å². The minimum absolute atomic E-state index is 0.721. The van der Waals surface area contributed by atoms with Crippen LogP contribution in [0, 0.1) is 25.7 Å². The van der Waals surface area contributed by atoms with E-state index in [-0.39, 0.29) is 0 Å². The van der Waals surface area contributed by atoms with E-state index in [1.807, 2.05) is 6.92 Å². The van der Waals surface area contributed by atoms with Gasteiger partial charge < -0.3 is 4.74 Å². The van der Waals surface area contributed by atoms with E-state index in [4.69, 9.17) is 4.74 Å². The highest BCUT2D eigenvalue weighted by atomic mass is 16.5. The number of ether oxygens (including phenoxy) is 1. The topological polar surface area (TPSA) is 9.23 Å². The van der Waals surface area contributed by atoms with E-state index in [9.17, 15) is 0 Å². The minimum Gasteiger partial charge on any atom is -0.493 e. The summed E-state index contributed by atoms with van der Waals surface area (Å²) in [7, 11) is 0. The van der Waals surface area contributed by atoms with Crippen molar-refractivity contribution in [3.8, 4) is 17.6 Å². The van der Waals surface area contributed by atoms with Crippen molar-refractivity contribution in [2.75, 3.05) is 6.61 Å². The molecule has 0 N–H and O–H groups in total. The standard InChI is InChI=1S/C17H24O/c1-5-7-8-9-10-11-16-13-14(3)12-15(4)17(16)18-6-2/h12-13H,5-7,10-11H2,1-4H3. The van der Waals surface area contributed by atoms with Crippen molar-refractivity contribution in [2.24, 2.45) is 0 Å². The van der Waals surface area contributed by atoms with E-state index < -0.39 is 0 Å². The van der Waals surface area contributed by atoms with Crippen LogP contribution in [0.2, 0.25) is 0 Å². The Morgan fingerprint density at radius 3 is 2.44 bits per heavy atom. The maximum absolute atomic E-state index is 5.75. The molecule has 98 valence electrons. The number of benzene rings is 1. The van der Waals surface area contributed by atoms with Crippen LogP contribution in [0.15, 0.2) is 12.1 Å². The summed E-state index contributed by atoms with van der Waals surface area (Å²) in [5.41, 5.74) is 3.82. The fourth-order valence-corrected chi connectivity index (χ4v) is 2.08. The molecule has 1 heteroatoms. The molecule has 0 heterocycles. The Hall–Kier alpha value is -1.42. The normalized spacial score (nSPS) is 9.78. The average molecular weight is 244 g/mol. The van der Waals surface area contributed by atoms with Gasteiger partial charge in [0.25, 0.3) is 0 Å². The summed E-state index contributed by atoms with van der Waals surface area (Å²) in [6.07, 6.45) is 4.05. The molecule has 0 aliphatic rings. The first-order valence-electron chi connectivity index (χ1n) is 6.87. The maximum atomic E-state index is 5.75. The van der Waals surface area contributed by atoms with Crippen molar-refractivity contribution < 1.29 is 4.74 Å². The molecule has 0 amide bonds. The van der Waals surface area contributed by atoms with Crippen LogP contribution in [0.25, 0.3) is 0 Å². The van der Waals surface area contributed by atoms with Gasteiger partial charge in [-0.15, -0.1) is 11.8 Å². The molecule has 1 nitrogen and oxygen atoms in total.